The van der Waals surface area contributed by atoms with Crippen molar-refractivity contribution >= 4 is 0 Å². The first-order chi connectivity index (χ1) is 11.4. The molecule has 0 amide bonds. The zero-order valence-electron chi connectivity index (χ0n) is 12.9. The van der Waals surface area contributed by atoms with E-state index in [0.29, 0.717) is 22.5 Å². The van der Waals surface area contributed by atoms with Crippen LogP contribution in [0.4, 0.5) is 13.2 Å². The van der Waals surface area contributed by atoms with Crippen molar-refractivity contribution in [2.75, 3.05) is 0 Å². The van der Waals surface area contributed by atoms with Gasteiger partial charge < -0.3 is 5.11 Å². The molecule has 0 radical (unpaired) electrons. The summed E-state index contributed by atoms with van der Waals surface area (Å²) in [6.45, 7) is 1.79. The van der Waals surface area contributed by atoms with Gasteiger partial charge in [-0.1, -0.05) is 42.0 Å². The molecule has 1 aromatic heterocycles. The average molecular weight is 332 g/mol. The molecule has 24 heavy (non-hydrogen) atoms. The van der Waals surface area contributed by atoms with Crippen LogP contribution < -0.4 is 0 Å². The molecule has 0 atom stereocenters. The lowest BCUT2D eigenvalue weighted by molar-refractivity contribution is -0.141. The highest BCUT2D eigenvalue weighted by atomic mass is 19.4. The van der Waals surface area contributed by atoms with Crippen LogP contribution in [0, 0.1) is 6.92 Å². The highest BCUT2D eigenvalue weighted by Gasteiger charge is 2.35. The van der Waals surface area contributed by atoms with Gasteiger partial charge in [0.05, 0.1) is 18.0 Å². The van der Waals surface area contributed by atoms with Gasteiger partial charge in [-0.3, -0.25) is 0 Å². The van der Waals surface area contributed by atoms with E-state index in [1.54, 1.807) is 36.4 Å². The highest BCUT2D eigenvalue weighted by Crippen LogP contribution is 2.33. The van der Waals surface area contributed by atoms with Gasteiger partial charge in [0.25, 0.3) is 0 Å². The number of nitrogens with zero attached hydrogens (tertiary/aromatic N) is 2. The van der Waals surface area contributed by atoms with Crippen LogP contribution in [0.3, 0.4) is 0 Å². The molecule has 2 aromatic carbocycles. The van der Waals surface area contributed by atoms with Crippen molar-refractivity contribution in [2.24, 2.45) is 0 Å². The molecule has 3 aromatic rings. The summed E-state index contributed by atoms with van der Waals surface area (Å²) >= 11 is 0. The molecule has 0 fully saturated rings. The molecule has 0 saturated carbocycles. The van der Waals surface area contributed by atoms with Gasteiger partial charge >= 0.3 is 6.18 Å². The summed E-state index contributed by atoms with van der Waals surface area (Å²) in [6, 6.07) is 14.8. The second kappa shape index (κ2) is 6.13. The number of aromatic nitrogens is 2. The highest BCUT2D eigenvalue weighted by molar-refractivity contribution is 5.63. The Hall–Kier alpha value is -2.60. The van der Waals surface area contributed by atoms with Crippen molar-refractivity contribution in [1.29, 1.82) is 0 Å². The van der Waals surface area contributed by atoms with Crippen molar-refractivity contribution in [2.45, 2.75) is 19.7 Å². The number of halogens is 3. The summed E-state index contributed by atoms with van der Waals surface area (Å²) in [4.78, 5) is 0. The number of benzene rings is 2. The first kappa shape index (κ1) is 16.3. The number of aliphatic hydroxyl groups excluding tert-OH is 1. The van der Waals surface area contributed by atoms with Crippen molar-refractivity contribution in [1.82, 2.24) is 9.78 Å². The first-order valence-electron chi connectivity index (χ1n) is 7.33. The summed E-state index contributed by atoms with van der Waals surface area (Å²) in [7, 11) is 0. The van der Waals surface area contributed by atoms with Crippen molar-refractivity contribution < 1.29 is 18.3 Å². The van der Waals surface area contributed by atoms with Crippen LogP contribution in [0.25, 0.3) is 16.9 Å². The Morgan fingerprint density at radius 3 is 2.17 bits per heavy atom. The van der Waals surface area contributed by atoms with Crippen LogP contribution in [-0.4, -0.2) is 14.9 Å². The number of aliphatic hydroxyl groups is 1. The molecule has 6 heteroatoms. The normalized spacial score (nSPS) is 11.7. The van der Waals surface area contributed by atoms with Gasteiger partial charge in [0, 0.05) is 5.56 Å². The Kier molecular flexibility index (Phi) is 4.15. The maximum Gasteiger partial charge on any atom is 0.435 e. The van der Waals surface area contributed by atoms with Crippen LogP contribution in [0.15, 0.2) is 54.6 Å². The van der Waals surface area contributed by atoms with Crippen LogP contribution in [-0.2, 0) is 12.8 Å². The molecule has 0 saturated heterocycles. The number of rotatable bonds is 3. The topological polar surface area (TPSA) is 38.0 Å². The van der Waals surface area contributed by atoms with Gasteiger partial charge in [-0.25, -0.2) is 4.68 Å². The Morgan fingerprint density at radius 2 is 1.62 bits per heavy atom. The molecule has 0 aliphatic heterocycles. The molecule has 1 N–H and O–H groups in total. The first-order valence-corrected chi connectivity index (χ1v) is 7.33. The minimum Gasteiger partial charge on any atom is -0.392 e. The lowest BCUT2D eigenvalue weighted by Gasteiger charge is -2.08. The number of aryl methyl sites for hydroxylation is 1. The zero-order chi connectivity index (χ0) is 17.3. The molecule has 0 aliphatic carbocycles. The lowest BCUT2D eigenvalue weighted by Crippen LogP contribution is -2.07. The summed E-state index contributed by atoms with van der Waals surface area (Å²) in [5, 5.41) is 12.8. The minimum absolute atomic E-state index is 0.120. The summed E-state index contributed by atoms with van der Waals surface area (Å²) in [5.74, 6) is 0. The maximum atomic E-state index is 13.1. The molecule has 0 bridgehead atoms. The van der Waals surface area contributed by atoms with Crippen LogP contribution in [0.5, 0.6) is 0 Å². The summed E-state index contributed by atoms with van der Waals surface area (Å²) in [6.07, 6.45) is -4.52. The average Bonchev–Trinajstić information content (AvgIpc) is 3.01. The van der Waals surface area contributed by atoms with Gasteiger partial charge in [0.1, 0.15) is 0 Å². The molecule has 0 spiro atoms. The van der Waals surface area contributed by atoms with Gasteiger partial charge in [0.2, 0.25) is 0 Å². The van der Waals surface area contributed by atoms with E-state index in [2.05, 4.69) is 5.10 Å². The van der Waals surface area contributed by atoms with Crippen LogP contribution in [0.2, 0.25) is 0 Å². The Balaban J connectivity index is 2.15. The third-order valence-corrected chi connectivity index (χ3v) is 3.71. The lowest BCUT2D eigenvalue weighted by atomic mass is 10.1. The van der Waals surface area contributed by atoms with E-state index in [-0.39, 0.29) is 6.61 Å². The van der Waals surface area contributed by atoms with Gasteiger partial charge in [-0.05, 0) is 30.7 Å². The fraction of sp³-hybridized carbons (Fsp3) is 0.167. The second-order valence-electron chi connectivity index (χ2n) is 5.51. The predicted octanol–water partition coefficient (Wildman–Crippen LogP) is 4.36. The number of alkyl halides is 3. The number of hydrogen-bond acceptors (Lipinski definition) is 2. The quantitative estimate of drug-likeness (QED) is 0.774. The van der Waals surface area contributed by atoms with Crippen LogP contribution >= 0.6 is 0 Å². The van der Waals surface area contributed by atoms with Crippen molar-refractivity contribution in [3.63, 3.8) is 0 Å². The molecule has 0 aliphatic rings. The second-order valence-corrected chi connectivity index (χ2v) is 5.51. The van der Waals surface area contributed by atoms with Crippen molar-refractivity contribution in [3.8, 4) is 16.9 Å². The van der Waals surface area contributed by atoms with Gasteiger partial charge in [-0.15, -0.1) is 0 Å². The fourth-order valence-electron chi connectivity index (χ4n) is 2.39. The van der Waals surface area contributed by atoms with E-state index in [9.17, 15) is 13.2 Å². The molecule has 0 unspecified atom stereocenters. The molecule has 1 heterocycles. The Bertz CT molecular complexity index is 834. The van der Waals surface area contributed by atoms with Crippen molar-refractivity contribution in [3.05, 3.63) is 71.4 Å². The van der Waals surface area contributed by atoms with E-state index in [1.165, 1.54) is 4.68 Å². The number of hydrogen-bond donors (Lipinski definition) is 1. The largest absolute Gasteiger partial charge is 0.435 e. The monoisotopic (exact) mass is 332 g/mol. The fourth-order valence-corrected chi connectivity index (χ4v) is 2.39. The molecular formula is C18H15F3N2O. The SMILES string of the molecule is Cc1ccc(-n2nc(C(F)(F)F)cc2-c2ccc(CO)cc2)cc1. The van der Waals surface area contributed by atoms with E-state index in [1.807, 2.05) is 19.1 Å². The summed E-state index contributed by atoms with van der Waals surface area (Å²) < 4.78 is 40.5. The van der Waals surface area contributed by atoms with E-state index in [0.717, 1.165) is 11.6 Å². The van der Waals surface area contributed by atoms with E-state index in [4.69, 9.17) is 5.11 Å². The van der Waals surface area contributed by atoms with Gasteiger partial charge in [-0.2, -0.15) is 18.3 Å². The summed E-state index contributed by atoms with van der Waals surface area (Å²) in [5.41, 5.74) is 2.25. The maximum absolute atomic E-state index is 13.1. The smallest absolute Gasteiger partial charge is 0.392 e. The molecule has 3 rings (SSSR count). The predicted molar refractivity (Wildman–Crippen MR) is 84.7 cm³/mol. The molecular weight excluding hydrogens is 317 g/mol. The van der Waals surface area contributed by atoms with Gasteiger partial charge in [0.15, 0.2) is 5.69 Å². The standard InChI is InChI=1S/C18H15F3N2O/c1-12-2-8-15(9-3-12)23-16(10-17(22-23)18(19,20)21)14-6-4-13(11-24)5-7-14/h2-10,24H,11H2,1H3. The van der Waals surface area contributed by atoms with E-state index < -0.39 is 11.9 Å². The Labute approximate surface area is 137 Å². The third-order valence-electron chi connectivity index (χ3n) is 3.71. The zero-order valence-corrected chi connectivity index (χ0v) is 12.9. The minimum atomic E-state index is -4.52. The molecule has 124 valence electrons. The Morgan fingerprint density at radius 1 is 1.00 bits per heavy atom. The van der Waals surface area contributed by atoms with E-state index >= 15 is 0 Å². The molecule has 3 nitrogen and oxygen atoms in total. The third kappa shape index (κ3) is 3.19. The van der Waals surface area contributed by atoms with Crippen LogP contribution in [0.1, 0.15) is 16.8 Å².